The number of benzene rings is 1. The van der Waals surface area contributed by atoms with Gasteiger partial charge in [-0.2, -0.15) is 13.2 Å². The molecule has 34 heavy (non-hydrogen) atoms. The Hall–Kier alpha value is -3.12. The van der Waals surface area contributed by atoms with E-state index in [-0.39, 0.29) is 22.8 Å². The summed E-state index contributed by atoms with van der Waals surface area (Å²) in [6.07, 6.45) is -1.77. The van der Waals surface area contributed by atoms with Gasteiger partial charge >= 0.3 is 6.18 Å². The quantitative estimate of drug-likeness (QED) is 0.362. The lowest BCUT2D eigenvalue weighted by molar-refractivity contribution is -0.0925. The molecule has 0 aliphatic rings. The third-order valence-corrected chi connectivity index (χ3v) is 6.87. The molecule has 3 aromatic rings. The fourth-order valence-corrected chi connectivity index (χ4v) is 4.81. The van der Waals surface area contributed by atoms with E-state index in [1.807, 2.05) is 0 Å². The molecule has 180 valence electrons. The molecule has 0 bridgehead atoms. The molecule has 2 aromatic heterocycles. The minimum atomic E-state index is -4.80. The van der Waals surface area contributed by atoms with Gasteiger partial charge in [-0.1, -0.05) is 6.07 Å². The lowest BCUT2D eigenvalue weighted by Crippen LogP contribution is -2.20. The van der Waals surface area contributed by atoms with Gasteiger partial charge in [0.05, 0.1) is 17.1 Å². The number of rotatable bonds is 6. The number of alkyl halides is 3. The van der Waals surface area contributed by atoms with Crippen LogP contribution in [0.15, 0.2) is 64.4 Å². The Bertz CT molecular complexity index is 1390. The molecule has 0 aliphatic heterocycles. The van der Waals surface area contributed by atoms with E-state index in [0.717, 1.165) is 29.7 Å². The first-order valence-corrected chi connectivity index (χ1v) is 12.3. The molecule has 5 nitrogen and oxygen atoms in total. The van der Waals surface area contributed by atoms with Gasteiger partial charge in [-0.05, 0) is 42.8 Å². The highest BCUT2D eigenvalue weighted by molar-refractivity contribution is 7.90. The molecular weight excluding hydrogens is 497 g/mol. The van der Waals surface area contributed by atoms with E-state index in [9.17, 15) is 30.4 Å². The number of hydrogen-bond donors (Lipinski definition) is 1. The molecule has 0 saturated heterocycles. The number of nitrogens with two attached hydrogens (primary N) is 1. The van der Waals surface area contributed by atoms with Crippen LogP contribution in [0.5, 0.6) is 0 Å². The zero-order chi connectivity index (χ0) is 25.3. The standard InChI is InChI=1S/C22H18F5N3O2S2/c1-12-7-14(11-30-21(12)34(2,31)32)18-5-6-19(33-18)17(9-20(28)22(25,26)27)29-10-13-3-4-15(23)8-16(13)24/h3-9,11H,10,28H2,1-2H3/b20-9-,29-17?. The van der Waals surface area contributed by atoms with Crippen molar-refractivity contribution in [3.8, 4) is 10.4 Å². The number of hydrogen-bond acceptors (Lipinski definition) is 6. The Morgan fingerprint density at radius 1 is 1.18 bits per heavy atom. The van der Waals surface area contributed by atoms with Gasteiger partial charge in [-0.15, -0.1) is 11.3 Å². The topological polar surface area (TPSA) is 85.4 Å². The average Bonchev–Trinajstić information content (AvgIpc) is 3.20. The van der Waals surface area contributed by atoms with Crippen LogP contribution in [0.25, 0.3) is 10.4 Å². The summed E-state index contributed by atoms with van der Waals surface area (Å²) >= 11 is 1.07. The maximum Gasteiger partial charge on any atom is 0.430 e. The van der Waals surface area contributed by atoms with Crippen molar-refractivity contribution in [2.75, 3.05) is 6.26 Å². The molecule has 0 amide bonds. The van der Waals surface area contributed by atoms with Crippen molar-refractivity contribution in [1.29, 1.82) is 0 Å². The van der Waals surface area contributed by atoms with Gasteiger partial charge in [0, 0.05) is 34.5 Å². The molecule has 0 atom stereocenters. The van der Waals surface area contributed by atoms with Gasteiger partial charge in [0.15, 0.2) is 14.9 Å². The first-order valence-electron chi connectivity index (χ1n) is 9.55. The summed E-state index contributed by atoms with van der Waals surface area (Å²) in [5.74, 6) is -1.67. The number of halogens is 5. The van der Waals surface area contributed by atoms with Crippen LogP contribution in [-0.4, -0.2) is 31.5 Å². The summed E-state index contributed by atoms with van der Waals surface area (Å²) in [6.45, 7) is 1.23. The Labute approximate surface area is 196 Å². The Balaban J connectivity index is 2.02. The molecule has 2 N–H and O–H groups in total. The fourth-order valence-electron chi connectivity index (χ4n) is 2.96. The highest BCUT2D eigenvalue weighted by atomic mass is 32.2. The number of sulfone groups is 1. The van der Waals surface area contributed by atoms with E-state index in [1.165, 1.54) is 12.3 Å². The van der Waals surface area contributed by atoms with Crippen LogP contribution in [0.1, 0.15) is 16.0 Å². The van der Waals surface area contributed by atoms with E-state index in [2.05, 4.69) is 9.98 Å². The molecule has 0 aliphatic carbocycles. The van der Waals surface area contributed by atoms with Crippen molar-refractivity contribution in [2.45, 2.75) is 24.7 Å². The second-order valence-electron chi connectivity index (χ2n) is 7.32. The minimum Gasteiger partial charge on any atom is -0.395 e. The molecule has 0 radical (unpaired) electrons. The monoisotopic (exact) mass is 515 g/mol. The molecule has 0 spiro atoms. The number of aliphatic imine (C=N–C) groups is 1. The maximum absolute atomic E-state index is 14.0. The third kappa shape index (κ3) is 6.06. The molecule has 0 unspecified atom stereocenters. The van der Waals surface area contributed by atoms with E-state index >= 15 is 0 Å². The van der Waals surface area contributed by atoms with Gasteiger partial charge in [0.2, 0.25) is 0 Å². The van der Waals surface area contributed by atoms with Gasteiger partial charge in [0.25, 0.3) is 0 Å². The maximum atomic E-state index is 14.0. The van der Waals surface area contributed by atoms with Crippen LogP contribution in [0.4, 0.5) is 22.0 Å². The number of nitrogens with zero attached hydrogens (tertiary/aromatic N) is 2. The van der Waals surface area contributed by atoms with Gasteiger partial charge < -0.3 is 5.73 Å². The summed E-state index contributed by atoms with van der Waals surface area (Å²) in [6, 6.07) is 7.56. The lowest BCUT2D eigenvalue weighted by atomic mass is 10.2. The van der Waals surface area contributed by atoms with Crippen LogP contribution in [0.2, 0.25) is 0 Å². The zero-order valence-corrected chi connectivity index (χ0v) is 19.5. The number of aromatic nitrogens is 1. The highest BCUT2D eigenvalue weighted by Crippen LogP contribution is 2.31. The molecule has 0 saturated carbocycles. The molecule has 3 rings (SSSR count). The molecule has 2 heterocycles. The predicted molar refractivity (Wildman–Crippen MR) is 120 cm³/mol. The van der Waals surface area contributed by atoms with Crippen molar-refractivity contribution >= 4 is 26.9 Å². The highest BCUT2D eigenvalue weighted by Gasteiger charge is 2.32. The van der Waals surface area contributed by atoms with E-state index < -0.39 is 33.3 Å². The van der Waals surface area contributed by atoms with Gasteiger partial charge in [-0.25, -0.2) is 22.2 Å². The van der Waals surface area contributed by atoms with Crippen molar-refractivity contribution in [1.82, 2.24) is 4.98 Å². The molecule has 1 aromatic carbocycles. The van der Waals surface area contributed by atoms with Crippen molar-refractivity contribution in [2.24, 2.45) is 10.7 Å². The summed E-state index contributed by atoms with van der Waals surface area (Å²) in [5.41, 5.74) is 4.59. The van der Waals surface area contributed by atoms with Crippen LogP contribution in [-0.2, 0) is 16.4 Å². The van der Waals surface area contributed by atoms with Crippen LogP contribution in [0.3, 0.4) is 0 Å². The second-order valence-corrected chi connectivity index (χ2v) is 10.3. The van der Waals surface area contributed by atoms with Gasteiger partial charge in [0.1, 0.15) is 17.3 Å². The predicted octanol–water partition coefficient (Wildman–Crippen LogP) is 5.19. The zero-order valence-electron chi connectivity index (χ0n) is 17.8. The number of pyridine rings is 1. The molecule has 0 fully saturated rings. The number of allylic oxidation sites excluding steroid dienone is 2. The lowest BCUT2D eigenvalue weighted by Gasteiger charge is -2.08. The summed E-state index contributed by atoms with van der Waals surface area (Å²) < 4.78 is 89.8. The van der Waals surface area contributed by atoms with E-state index in [4.69, 9.17) is 5.73 Å². The Morgan fingerprint density at radius 2 is 1.88 bits per heavy atom. The molecule has 12 heteroatoms. The number of thiophene rings is 1. The van der Waals surface area contributed by atoms with Crippen LogP contribution < -0.4 is 5.73 Å². The fraction of sp³-hybridized carbons (Fsp3) is 0.182. The summed E-state index contributed by atoms with van der Waals surface area (Å²) in [7, 11) is -3.52. The third-order valence-electron chi connectivity index (χ3n) is 4.58. The summed E-state index contributed by atoms with van der Waals surface area (Å²) in [5, 5.41) is -0.0718. The van der Waals surface area contributed by atoms with Crippen LogP contribution >= 0.6 is 11.3 Å². The van der Waals surface area contributed by atoms with E-state index in [1.54, 1.807) is 19.1 Å². The van der Waals surface area contributed by atoms with Crippen molar-refractivity contribution < 1.29 is 30.4 Å². The Morgan fingerprint density at radius 3 is 2.47 bits per heavy atom. The Kier molecular flexibility index (Phi) is 7.22. The largest absolute Gasteiger partial charge is 0.430 e. The van der Waals surface area contributed by atoms with Gasteiger partial charge in [-0.3, -0.25) is 4.99 Å². The molecular formula is C22H18F5N3O2S2. The normalized spacial score (nSPS) is 13.4. The van der Waals surface area contributed by atoms with Crippen LogP contribution in [0, 0.1) is 18.6 Å². The average molecular weight is 516 g/mol. The van der Waals surface area contributed by atoms with Crippen molar-refractivity contribution in [3.05, 3.63) is 82.0 Å². The summed E-state index contributed by atoms with van der Waals surface area (Å²) in [4.78, 5) is 8.97. The smallest absolute Gasteiger partial charge is 0.395 e. The van der Waals surface area contributed by atoms with Crippen molar-refractivity contribution in [3.63, 3.8) is 0 Å². The first-order chi connectivity index (χ1) is 15.8. The van der Waals surface area contributed by atoms with E-state index in [0.29, 0.717) is 33.0 Å². The SMILES string of the molecule is Cc1cc(-c2ccc(C(/C=C(\N)C(F)(F)F)=NCc3ccc(F)cc3F)s2)cnc1S(C)(=O)=O. The second kappa shape index (κ2) is 9.63. The first kappa shape index (κ1) is 25.5. The number of aryl methyl sites for hydroxylation is 1. The minimum absolute atomic E-state index is 0.00847.